The number of carbonyl (C=O) groups is 1. The molecule has 0 aliphatic heterocycles. The van der Waals surface area contributed by atoms with Crippen LogP contribution in [0.2, 0.25) is 0 Å². The second-order valence-corrected chi connectivity index (χ2v) is 3.70. The van der Waals surface area contributed by atoms with Crippen molar-refractivity contribution in [2.45, 2.75) is 3.74 Å². The number of carboxylic acid groups (broad SMARTS) is 1. The fraction of sp³-hybridized carbons (Fsp3) is 0.500. The van der Waals surface area contributed by atoms with Crippen LogP contribution in [-0.2, 0) is 4.79 Å². The Balaban J connectivity index is 0. The Labute approximate surface area is 71.0 Å². The second kappa shape index (κ2) is 5.21. The molecule has 0 unspecified atom stereocenters. The molecule has 0 aromatic heterocycles. The Kier molecular flexibility index (Phi) is 8.14. The fourth-order valence-electron chi connectivity index (χ4n) is 0. The summed E-state index contributed by atoms with van der Waals surface area (Å²) in [5.74, 6) is -0.907. The molecule has 0 aliphatic carbocycles. The summed E-state index contributed by atoms with van der Waals surface area (Å²) in [6.07, 6.45) is 0. The van der Waals surface area contributed by atoms with Crippen LogP contribution in [0.25, 0.3) is 0 Å². The minimum atomic E-state index is -0.907. The Morgan fingerprint density at radius 3 is 1.71 bits per heavy atom. The van der Waals surface area contributed by atoms with Crippen molar-refractivity contribution in [1.29, 1.82) is 0 Å². The number of carboxylic acids is 1. The van der Waals surface area contributed by atoms with E-state index in [0.29, 0.717) is 0 Å². The van der Waals surface area contributed by atoms with Gasteiger partial charge in [0.2, 0.25) is 0 Å². The first kappa shape index (κ1) is 10.9. The molecule has 0 aromatic rings. The van der Waals surface area contributed by atoms with E-state index in [1.165, 1.54) is 0 Å². The number of rotatable bonds is 1. The monoisotopic (exact) mass is 288 g/mol. The summed E-state index contributed by atoms with van der Waals surface area (Å²) < 4.78 is -0.606. The third-order valence-corrected chi connectivity index (χ3v) is 0.970. The van der Waals surface area contributed by atoms with Crippen molar-refractivity contribution < 1.29 is 9.90 Å². The van der Waals surface area contributed by atoms with Crippen molar-refractivity contribution in [1.82, 2.24) is 0 Å². The SMILES string of the molecule is O=C(O)C(Br)Br.[GaH3]. The van der Waals surface area contributed by atoms with E-state index >= 15 is 0 Å². The first-order valence-electron chi connectivity index (χ1n) is 1.15. The van der Waals surface area contributed by atoms with Crippen molar-refractivity contribution in [3.63, 3.8) is 0 Å². The van der Waals surface area contributed by atoms with Gasteiger partial charge in [0.15, 0.2) is 3.74 Å². The Morgan fingerprint density at radius 2 is 1.71 bits per heavy atom. The zero-order valence-corrected chi connectivity index (χ0v) is 5.86. The maximum absolute atomic E-state index is 9.61. The molecule has 0 saturated heterocycles. The van der Waals surface area contributed by atoms with Gasteiger partial charge in [-0.15, -0.1) is 0 Å². The van der Waals surface area contributed by atoms with E-state index in [1.54, 1.807) is 0 Å². The molecule has 0 aliphatic rings. The zero-order valence-electron chi connectivity index (χ0n) is 2.69. The molecular formula is C2H5Br2GaO2. The average molecular weight is 291 g/mol. The first-order valence-corrected chi connectivity index (χ1v) is 2.98. The molecule has 0 spiro atoms. The van der Waals surface area contributed by atoms with Crippen LogP contribution >= 0.6 is 31.9 Å². The minimum absolute atomic E-state index is 0. The number of hydrogen-bond acceptors (Lipinski definition) is 1. The van der Waals surface area contributed by atoms with Gasteiger partial charge in [-0.25, -0.2) is 0 Å². The van der Waals surface area contributed by atoms with Crippen molar-refractivity contribution in [3.05, 3.63) is 0 Å². The molecule has 7 heavy (non-hydrogen) atoms. The molecule has 0 saturated carbocycles. The normalized spacial score (nSPS) is 7.86. The van der Waals surface area contributed by atoms with Gasteiger partial charge in [-0.05, 0) is 0 Å². The van der Waals surface area contributed by atoms with Crippen LogP contribution in [0, 0.1) is 0 Å². The van der Waals surface area contributed by atoms with Crippen molar-refractivity contribution in [2.75, 3.05) is 0 Å². The predicted octanol–water partition coefficient (Wildman–Crippen LogP) is 0.00300. The number of halogens is 2. The van der Waals surface area contributed by atoms with Gasteiger partial charge in [0.05, 0.1) is 0 Å². The van der Waals surface area contributed by atoms with Gasteiger partial charge < -0.3 is 5.11 Å². The maximum atomic E-state index is 9.61. The van der Waals surface area contributed by atoms with E-state index < -0.39 is 9.71 Å². The standard InChI is InChI=1S/C2H2Br2O2.Ga.3H/c3-1(4)2(5)6;;;;/h1H,(H,5,6);;;;. The molecule has 0 heterocycles. The molecule has 0 rings (SSSR count). The van der Waals surface area contributed by atoms with Gasteiger partial charge >= 0.3 is 25.8 Å². The van der Waals surface area contributed by atoms with Gasteiger partial charge in [0.25, 0.3) is 0 Å². The summed E-state index contributed by atoms with van der Waals surface area (Å²) in [5, 5.41) is 7.90. The summed E-state index contributed by atoms with van der Waals surface area (Å²) >= 11 is 5.51. The summed E-state index contributed by atoms with van der Waals surface area (Å²) in [7, 11) is 0. The van der Waals surface area contributed by atoms with Crippen LogP contribution in [0.4, 0.5) is 0 Å². The second-order valence-electron chi connectivity index (χ2n) is 0.639. The van der Waals surface area contributed by atoms with E-state index in [9.17, 15) is 4.79 Å². The molecule has 2 nitrogen and oxygen atoms in total. The summed E-state index contributed by atoms with van der Waals surface area (Å²) in [6, 6.07) is 0. The van der Waals surface area contributed by atoms with E-state index in [-0.39, 0.29) is 19.8 Å². The summed E-state index contributed by atoms with van der Waals surface area (Å²) in [4.78, 5) is 9.61. The molecule has 42 valence electrons. The molecule has 5 heteroatoms. The summed E-state index contributed by atoms with van der Waals surface area (Å²) in [5.41, 5.74) is 0. The topological polar surface area (TPSA) is 37.3 Å². The fourth-order valence-corrected chi connectivity index (χ4v) is 0. The zero-order chi connectivity index (χ0) is 5.15. The third kappa shape index (κ3) is 7.07. The molecule has 1 N–H and O–H groups in total. The van der Waals surface area contributed by atoms with Crippen molar-refractivity contribution in [3.8, 4) is 0 Å². The Bertz CT molecular complexity index is 64.7. The van der Waals surface area contributed by atoms with Gasteiger partial charge in [-0.2, -0.15) is 0 Å². The molecule has 0 atom stereocenters. The van der Waals surface area contributed by atoms with E-state index in [2.05, 4.69) is 31.9 Å². The Hall–Kier alpha value is 1.07. The quantitative estimate of drug-likeness (QED) is 0.545. The van der Waals surface area contributed by atoms with Crippen molar-refractivity contribution in [2.24, 2.45) is 0 Å². The number of alkyl halides is 2. The van der Waals surface area contributed by atoms with Crippen LogP contribution in [0.15, 0.2) is 0 Å². The number of aliphatic carboxylic acids is 1. The van der Waals surface area contributed by atoms with E-state index in [4.69, 9.17) is 5.11 Å². The summed E-state index contributed by atoms with van der Waals surface area (Å²) in [6.45, 7) is 0. The molecule has 0 bridgehead atoms. The van der Waals surface area contributed by atoms with E-state index in [1.807, 2.05) is 0 Å². The van der Waals surface area contributed by atoms with Gasteiger partial charge in [0, 0.05) is 0 Å². The van der Waals surface area contributed by atoms with E-state index in [0.717, 1.165) is 0 Å². The van der Waals surface area contributed by atoms with Crippen LogP contribution in [0.5, 0.6) is 0 Å². The van der Waals surface area contributed by atoms with Crippen LogP contribution in [-0.4, -0.2) is 34.6 Å². The van der Waals surface area contributed by atoms with Gasteiger partial charge in [-0.1, -0.05) is 31.9 Å². The molecule has 0 fully saturated rings. The Morgan fingerprint density at radius 1 is 1.57 bits per heavy atom. The van der Waals surface area contributed by atoms with Crippen molar-refractivity contribution >= 4 is 57.6 Å². The molecular weight excluding hydrogens is 286 g/mol. The first-order chi connectivity index (χ1) is 2.64. The molecule has 0 aromatic carbocycles. The molecule has 0 radical (unpaired) electrons. The van der Waals surface area contributed by atoms with Crippen LogP contribution < -0.4 is 0 Å². The van der Waals surface area contributed by atoms with Gasteiger partial charge in [-0.3, -0.25) is 4.79 Å². The van der Waals surface area contributed by atoms with Gasteiger partial charge in [0.1, 0.15) is 0 Å². The predicted molar refractivity (Wildman–Crippen MR) is 39.2 cm³/mol. The number of hydrogen-bond donors (Lipinski definition) is 1. The third-order valence-electron chi connectivity index (χ3n) is 0.187. The van der Waals surface area contributed by atoms with Crippen LogP contribution in [0.3, 0.4) is 0 Å². The average Bonchev–Trinajstić information content (AvgIpc) is 1.36. The molecule has 0 amide bonds. The van der Waals surface area contributed by atoms with Crippen LogP contribution in [0.1, 0.15) is 0 Å².